The molecule has 2 unspecified atom stereocenters. The molecule has 2 atom stereocenters. The van der Waals surface area contributed by atoms with Gasteiger partial charge in [0.2, 0.25) is 0 Å². The maximum absolute atomic E-state index is 13.3. The highest BCUT2D eigenvalue weighted by Gasteiger charge is 2.22. The minimum atomic E-state index is -0.242. The first kappa shape index (κ1) is 14.7. The summed E-state index contributed by atoms with van der Waals surface area (Å²) in [5.74, 6) is 0.266. The van der Waals surface area contributed by atoms with E-state index in [4.69, 9.17) is 5.73 Å². The highest BCUT2D eigenvalue weighted by Crippen LogP contribution is 2.37. The van der Waals surface area contributed by atoms with Gasteiger partial charge in [0.25, 0.3) is 0 Å². The zero-order valence-electron chi connectivity index (χ0n) is 11.9. The molecule has 0 saturated heterocycles. The molecule has 2 aromatic carbocycles. The number of fused-ring (bicyclic) bond motifs is 1. The molecule has 1 nitrogen and oxygen atoms in total. The number of hydrogen-bond acceptors (Lipinski definition) is 1. The Labute approximate surface area is 133 Å². The van der Waals surface area contributed by atoms with Crippen LogP contribution in [0.4, 0.5) is 4.39 Å². The Morgan fingerprint density at radius 1 is 1.24 bits per heavy atom. The predicted octanol–water partition coefficient (Wildman–Crippen LogP) is 5.10. The normalized spacial score (nSPS) is 19.1. The number of nitrogens with two attached hydrogens (primary N) is 1. The van der Waals surface area contributed by atoms with Gasteiger partial charge in [0, 0.05) is 6.04 Å². The van der Waals surface area contributed by atoms with Crippen molar-refractivity contribution < 1.29 is 4.39 Å². The van der Waals surface area contributed by atoms with Crippen molar-refractivity contribution in [3.05, 3.63) is 69.4 Å². The third-order valence-corrected chi connectivity index (χ3v) is 5.01. The molecular weight excluding hydrogens is 329 g/mol. The maximum atomic E-state index is 13.3. The van der Waals surface area contributed by atoms with Gasteiger partial charge in [-0.2, -0.15) is 0 Å². The summed E-state index contributed by atoms with van der Waals surface area (Å²) in [4.78, 5) is 0. The summed E-state index contributed by atoms with van der Waals surface area (Å²) in [5, 5.41) is 0. The Kier molecular flexibility index (Phi) is 4.41. The lowest BCUT2D eigenvalue weighted by Gasteiger charge is -2.28. The number of halogens is 2. The van der Waals surface area contributed by atoms with Crippen molar-refractivity contribution in [2.75, 3.05) is 0 Å². The van der Waals surface area contributed by atoms with Gasteiger partial charge in [-0.05, 0) is 76.4 Å². The number of aryl methyl sites for hydroxylation is 1. The number of benzene rings is 2. The summed E-state index contributed by atoms with van der Waals surface area (Å²) in [5.41, 5.74) is 10.3. The summed E-state index contributed by atoms with van der Waals surface area (Å²) in [7, 11) is 0. The topological polar surface area (TPSA) is 26.0 Å². The van der Waals surface area contributed by atoms with E-state index in [1.807, 2.05) is 0 Å². The second-order valence-corrected chi connectivity index (χ2v) is 6.66. The Balaban J connectivity index is 1.79. The van der Waals surface area contributed by atoms with Gasteiger partial charge >= 0.3 is 0 Å². The van der Waals surface area contributed by atoms with Crippen molar-refractivity contribution >= 4 is 15.9 Å². The van der Waals surface area contributed by atoms with Crippen LogP contribution in [0.25, 0.3) is 0 Å². The van der Waals surface area contributed by atoms with E-state index >= 15 is 0 Å². The zero-order valence-corrected chi connectivity index (χ0v) is 13.4. The standard InChI is InChI=1S/C18H19BrFN/c19-16-10-14(8-9-17(16)20)18(21)11-13-6-3-5-12-4-1-2-7-15(12)13/h1-2,4,7-10,13,18H,3,5-6,11,21H2. The Bertz CT molecular complexity index is 641. The Morgan fingerprint density at radius 3 is 2.86 bits per heavy atom. The van der Waals surface area contributed by atoms with E-state index in [2.05, 4.69) is 40.2 Å². The van der Waals surface area contributed by atoms with Gasteiger partial charge in [-0.15, -0.1) is 0 Å². The molecule has 1 aliphatic rings. The smallest absolute Gasteiger partial charge is 0.137 e. The molecule has 1 aliphatic carbocycles. The highest BCUT2D eigenvalue weighted by molar-refractivity contribution is 9.10. The highest BCUT2D eigenvalue weighted by atomic mass is 79.9. The van der Waals surface area contributed by atoms with Crippen LogP contribution in [0.15, 0.2) is 46.9 Å². The molecule has 0 radical (unpaired) electrons. The van der Waals surface area contributed by atoms with Gasteiger partial charge < -0.3 is 5.73 Å². The van der Waals surface area contributed by atoms with E-state index in [-0.39, 0.29) is 11.9 Å². The largest absolute Gasteiger partial charge is 0.324 e. The first-order valence-electron chi connectivity index (χ1n) is 7.43. The molecule has 2 N–H and O–H groups in total. The molecule has 21 heavy (non-hydrogen) atoms. The van der Waals surface area contributed by atoms with Gasteiger partial charge in [0.15, 0.2) is 0 Å². The third kappa shape index (κ3) is 3.19. The molecule has 0 spiro atoms. The van der Waals surface area contributed by atoms with Gasteiger partial charge in [-0.1, -0.05) is 30.3 Å². The van der Waals surface area contributed by atoms with Gasteiger partial charge in [-0.3, -0.25) is 0 Å². The first-order chi connectivity index (χ1) is 10.1. The number of hydrogen-bond donors (Lipinski definition) is 1. The molecule has 0 aromatic heterocycles. The minimum Gasteiger partial charge on any atom is -0.324 e. The van der Waals surface area contributed by atoms with Crippen LogP contribution >= 0.6 is 15.9 Å². The van der Waals surface area contributed by atoms with E-state index in [9.17, 15) is 4.39 Å². The van der Waals surface area contributed by atoms with E-state index in [0.29, 0.717) is 10.4 Å². The molecule has 2 aromatic rings. The molecule has 0 heterocycles. The van der Waals surface area contributed by atoms with Gasteiger partial charge in [0.05, 0.1) is 4.47 Å². The predicted molar refractivity (Wildman–Crippen MR) is 87.8 cm³/mol. The van der Waals surface area contributed by atoms with E-state index in [1.165, 1.54) is 36.5 Å². The fourth-order valence-corrected chi connectivity index (χ4v) is 3.68. The van der Waals surface area contributed by atoms with Crippen LogP contribution in [-0.2, 0) is 6.42 Å². The van der Waals surface area contributed by atoms with Crippen molar-refractivity contribution in [1.82, 2.24) is 0 Å². The molecule has 0 amide bonds. The fourth-order valence-electron chi connectivity index (χ4n) is 3.28. The molecule has 0 bridgehead atoms. The van der Waals surface area contributed by atoms with Crippen LogP contribution in [0.3, 0.4) is 0 Å². The summed E-state index contributed by atoms with van der Waals surface area (Å²) in [6.07, 6.45) is 4.49. The lowest BCUT2D eigenvalue weighted by atomic mass is 9.79. The lowest BCUT2D eigenvalue weighted by Crippen LogP contribution is -2.18. The lowest BCUT2D eigenvalue weighted by molar-refractivity contribution is 0.476. The minimum absolute atomic E-state index is 0.0574. The third-order valence-electron chi connectivity index (χ3n) is 4.40. The quantitative estimate of drug-likeness (QED) is 0.821. The van der Waals surface area contributed by atoms with Crippen LogP contribution in [0.1, 0.15) is 47.9 Å². The average molecular weight is 348 g/mol. The summed E-state index contributed by atoms with van der Waals surface area (Å²) >= 11 is 3.23. The average Bonchev–Trinajstić information content (AvgIpc) is 2.50. The first-order valence-corrected chi connectivity index (χ1v) is 8.23. The van der Waals surface area contributed by atoms with Gasteiger partial charge in [0.1, 0.15) is 5.82 Å². The van der Waals surface area contributed by atoms with E-state index in [0.717, 1.165) is 12.0 Å². The maximum Gasteiger partial charge on any atom is 0.137 e. The molecule has 3 rings (SSSR count). The monoisotopic (exact) mass is 347 g/mol. The van der Waals surface area contributed by atoms with Crippen molar-refractivity contribution in [3.8, 4) is 0 Å². The van der Waals surface area contributed by atoms with E-state index in [1.54, 1.807) is 12.1 Å². The van der Waals surface area contributed by atoms with Crippen LogP contribution in [0.5, 0.6) is 0 Å². The van der Waals surface area contributed by atoms with Gasteiger partial charge in [-0.25, -0.2) is 4.39 Å². The van der Waals surface area contributed by atoms with Crippen molar-refractivity contribution in [1.29, 1.82) is 0 Å². The summed E-state index contributed by atoms with van der Waals surface area (Å²) in [6.45, 7) is 0. The fraction of sp³-hybridized carbons (Fsp3) is 0.333. The summed E-state index contributed by atoms with van der Waals surface area (Å²) in [6, 6.07) is 13.7. The molecule has 0 aliphatic heterocycles. The van der Waals surface area contributed by atoms with Crippen molar-refractivity contribution in [3.63, 3.8) is 0 Å². The van der Waals surface area contributed by atoms with Crippen LogP contribution in [0, 0.1) is 5.82 Å². The van der Waals surface area contributed by atoms with Crippen LogP contribution < -0.4 is 5.73 Å². The Hall–Kier alpha value is -1.19. The van der Waals surface area contributed by atoms with E-state index < -0.39 is 0 Å². The molecular formula is C18H19BrFN. The summed E-state index contributed by atoms with van der Waals surface area (Å²) < 4.78 is 13.8. The molecule has 110 valence electrons. The Morgan fingerprint density at radius 2 is 2.05 bits per heavy atom. The second-order valence-electron chi connectivity index (χ2n) is 5.80. The molecule has 0 fully saturated rings. The zero-order chi connectivity index (χ0) is 14.8. The molecule has 0 saturated carbocycles. The van der Waals surface area contributed by atoms with Crippen molar-refractivity contribution in [2.24, 2.45) is 5.73 Å². The second kappa shape index (κ2) is 6.29. The van der Waals surface area contributed by atoms with Crippen LogP contribution in [0.2, 0.25) is 0 Å². The van der Waals surface area contributed by atoms with Crippen molar-refractivity contribution in [2.45, 2.75) is 37.6 Å². The molecule has 3 heteroatoms. The van der Waals surface area contributed by atoms with Crippen LogP contribution in [-0.4, -0.2) is 0 Å². The SMILES string of the molecule is NC(CC1CCCc2ccccc21)c1ccc(F)c(Br)c1. The number of rotatable bonds is 3.